The largest absolute Gasteiger partial charge is 0.310 e. The third-order valence-electron chi connectivity index (χ3n) is 7.69. The van der Waals surface area contributed by atoms with Gasteiger partial charge in [-0.25, -0.2) is 0 Å². The Labute approximate surface area is 241 Å². The minimum Gasteiger partial charge on any atom is -0.310 e. The van der Waals surface area contributed by atoms with E-state index in [4.69, 9.17) is 0 Å². The van der Waals surface area contributed by atoms with E-state index < -0.39 is 0 Å². The Bertz CT molecular complexity index is 1930. The van der Waals surface area contributed by atoms with Crippen molar-refractivity contribution in [3.63, 3.8) is 0 Å². The molecule has 0 radical (unpaired) electrons. The van der Waals surface area contributed by atoms with Crippen LogP contribution in [0.4, 0.5) is 34.1 Å². The molecule has 0 aromatic heterocycles. The molecule has 0 amide bonds. The molecule has 7 rings (SSSR count). The molecule has 0 aliphatic carbocycles. The van der Waals surface area contributed by atoms with Gasteiger partial charge >= 0.3 is 0 Å². The summed E-state index contributed by atoms with van der Waals surface area (Å²) in [4.78, 5) is 4.70. The lowest BCUT2D eigenvalue weighted by Gasteiger charge is -2.29. The van der Waals surface area contributed by atoms with E-state index in [0.717, 1.165) is 34.1 Å². The average molecular weight is 527 g/mol. The van der Waals surface area contributed by atoms with Gasteiger partial charge in [0.15, 0.2) is 0 Å². The van der Waals surface area contributed by atoms with E-state index in [9.17, 15) is 0 Å². The lowest BCUT2D eigenvalue weighted by atomic mass is 10.1. The number of fused-ring (bicyclic) bond motifs is 2. The smallest absolute Gasteiger partial charge is 0.0540 e. The Morgan fingerprint density at radius 2 is 0.683 bits per heavy atom. The standard InChI is InChI=1S/C39H30N2/c1-29-21-23-33(24-22-29)41(39-20-10-14-31-12-6-8-18-37(31)39)35-27-25-34(26-28-35)40(32-15-3-2-4-16-32)38-19-9-13-30-11-5-7-17-36(30)38/h2-28H,1H3. The molecule has 0 fully saturated rings. The van der Waals surface area contributed by atoms with Crippen molar-refractivity contribution in [1.29, 1.82) is 0 Å². The molecular weight excluding hydrogens is 496 g/mol. The number of aryl methyl sites for hydroxylation is 1. The highest BCUT2D eigenvalue weighted by atomic mass is 15.2. The van der Waals surface area contributed by atoms with Crippen LogP contribution in [-0.4, -0.2) is 0 Å². The van der Waals surface area contributed by atoms with Gasteiger partial charge in [0.2, 0.25) is 0 Å². The van der Waals surface area contributed by atoms with Crippen LogP contribution in [0.1, 0.15) is 5.56 Å². The molecule has 0 aliphatic heterocycles. The van der Waals surface area contributed by atoms with Crippen molar-refractivity contribution in [2.75, 3.05) is 9.80 Å². The van der Waals surface area contributed by atoms with Crippen LogP contribution in [0, 0.1) is 6.92 Å². The first-order valence-corrected chi connectivity index (χ1v) is 14.0. The van der Waals surface area contributed by atoms with Crippen molar-refractivity contribution < 1.29 is 0 Å². The second kappa shape index (κ2) is 10.7. The van der Waals surface area contributed by atoms with Crippen LogP contribution in [-0.2, 0) is 0 Å². The van der Waals surface area contributed by atoms with Crippen molar-refractivity contribution in [1.82, 2.24) is 0 Å². The van der Waals surface area contributed by atoms with Gasteiger partial charge in [-0.3, -0.25) is 0 Å². The summed E-state index contributed by atoms with van der Waals surface area (Å²) in [6.07, 6.45) is 0. The lowest BCUT2D eigenvalue weighted by Crippen LogP contribution is -2.12. The third kappa shape index (κ3) is 4.70. The topological polar surface area (TPSA) is 6.48 Å². The molecule has 2 heteroatoms. The van der Waals surface area contributed by atoms with Crippen LogP contribution in [0.15, 0.2) is 164 Å². The maximum atomic E-state index is 2.36. The van der Waals surface area contributed by atoms with Crippen molar-refractivity contribution in [2.45, 2.75) is 6.92 Å². The Kier molecular flexibility index (Phi) is 6.42. The Morgan fingerprint density at radius 3 is 1.17 bits per heavy atom. The molecule has 196 valence electrons. The molecule has 41 heavy (non-hydrogen) atoms. The Morgan fingerprint density at radius 1 is 0.317 bits per heavy atom. The molecule has 0 saturated heterocycles. The molecular formula is C39H30N2. The number of hydrogen-bond acceptors (Lipinski definition) is 2. The van der Waals surface area contributed by atoms with Gasteiger partial charge in [-0.1, -0.05) is 109 Å². The predicted octanol–water partition coefficient (Wildman–Crippen LogP) is 11.2. The number of rotatable bonds is 6. The first-order chi connectivity index (χ1) is 20.3. The minimum atomic E-state index is 1.11. The lowest BCUT2D eigenvalue weighted by molar-refractivity contribution is 1.26. The van der Waals surface area contributed by atoms with Crippen LogP contribution < -0.4 is 9.80 Å². The van der Waals surface area contributed by atoms with Gasteiger partial charge < -0.3 is 9.80 Å². The van der Waals surface area contributed by atoms with Gasteiger partial charge in [0.1, 0.15) is 0 Å². The van der Waals surface area contributed by atoms with E-state index in [1.54, 1.807) is 0 Å². The predicted molar refractivity (Wildman–Crippen MR) is 176 cm³/mol. The monoisotopic (exact) mass is 526 g/mol. The number of benzene rings is 7. The first-order valence-electron chi connectivity index (χ1n) is 14.0. The molecule has 0 saturated carbocycles. The average Bonchev–Trinajstić information content (AvgIpc) is 3.04. The zero-order valence-corrected chi connectivity index (χ0v) is 23.0. The van der Waals surface area contributed by atoms with E-state index in [0.29, 0.717) is 0 Å². The van der Waals surface area contributed by atoms with Crippen molar-refractivity contribution in [3.05, 3.63) is 169 Å². The maximum absolute atomic E-state index is 2.36. The van der Waals surface area contributed by atoms with E-state index in [1.807, 2.05) is 0 Å². The highest BCUT2D eigenvalue weighted by Crippen LogP contribution is 2.42. The molecule has 0 N–H and O–H groups in total. The Hall–Kier alpha value is -5.34. The van der Waals surface area contributed by atoms with Crippen molar-refractivity contribution >= 4 is 55.7 Å². The third-order valence-corrected chi connectivity index (χ3v) is 7.69. The van der Waals surface area contributed by atoms with Gasteiger partial charge in [0.25, 0.3) is 0 Å². The van der Waals surface area contributed by atoms with Gasteiger partial charge in [-0.15, -0.1) is 0 Å². The van der Waals surface area contributed by atoms with Crippen molar-refractivity contribution in [3.8, 4) is 0 Å². The summed E-state index contributed by atoms with van der Waals surface area (Å²) in [5.74, 6) is 0. The summed E-state index contributed by atoms with van der Waals surface area (Å²) >= 11 is 0. The van der Waals surface area contributed by atoms with Gasteiger partial charge in [-0.05, 0) is 78.4 Å². The number of nitrogens with zero attached hydrogens (tertiary/aromatic N) is 2. The van der Waals surface area contributed by atoms with E-state index >= 15 is 0 Å². The molecule has 0 unspecified atom stereocenters. The SMILES string of the molecule is Cc1ccc(N(c2ccc(N(c3ccccc3)c3cccc4ccccc34)cc2)c2cccc3ccccc23)cc1. The summed E-state index contributed by atoms with van der Waals surface area (Å²) in [6.45, 7) is 2.13. The van der Waals surface area contributed by atoms with Gasteiger partial charge in [0, 0.05) is 33.5 Å². The normalized spacial score (nSPS) is 11.0. The zero-order chi connectivity index (χ0) is 27.6. The van der Waals surface area contributed by atoms with Gasteiger partial charge in [0.05, 0.1) is 11.4 Å². The summed E-state index contributed by atoms with van der Waals surface area (Å²) in [7, 11) is 0. The molecule has 2 nitrogen and oxygen atoms in total. The van der Waals surface area contributed by atoms with E-state index in [1.165, 1.54) is 27.1 Å². The summed E-state index contributed by atoms with van der Waals surface area (Å²) in [5, 5.41) is 4.90. The molecule has 0 bridgehead atoms. The van der Waals surface area contributed by atoms with Crippen LogP contribution in [0.2, 0.25) is 0 Å². The first kappa shape index (κ1) is 24.7. The minimum absolute atomic E-state index is 1.11. The quantitative estimate of drug-likeness (QED) is 0.213. The summed E-state index contributed by atoms with van der Waals surface area (Å²) < 4.78 is 0. The van der Waals surface area contributed by atoms with Crippen molar-refractivity contribution in [2.24, 2.45) is 0 Å². The number of anilines is 6. The summed E-state index contributed by atoms with van der Waals surface area (Å²) in [6, 6.07) is 58.6. The van der Waals surface area contributed by atoms with E-state index in [-0.39, 0.29) is 0 Å². The van der Waals surface area contributed by atoms with Crippen LogP contribution in [0.5, 0.6) is 0 Å². The highest BCUT2D eigenvalue weighted by molar-refractivity contribution is 6.00. The number of para-hydroxylation sites is 1. The second-order valence-corrected chi connectivity index (χ2v) is 10.4. The second-order valence-electron chi connectivity index (χ2n) is 10.4. The fraction of sp³-hybridized carbons (Fsp3) is 0.0256. The highest BCUT2D eigenvalue weighted by Gasteiger charge is 2.18. The Balaban J connectivity index is 1.38. The molecule has 0 heterocycles. The molecule has 0 spiro atoms. The van der Waals surface area contributed by atoms with Crippen LogP contribution >= 0.6 is 0 Å². The fourth-order valence-electron chi connectivity index (χ4n) is 5.68. The molecule has 0 aliphatic rings. The van der Waals surface area contributed by atoms with Crippen LogP contribution in [0.25, 0.3) is 21.5 Å². The van der Waals surface area contributed by atoms with E-state index in [2.05, 4.69) is 181 Å². The molecule has 7 aromatic carbocycles. The van der Waals surface area contributed by atoms with Gasteiger partial charge in [-0.2, -0.15) is 0 Å². The zero-order valence-electron chi connectivity index (χ0n) is 23.0. The summed E-state index contributed by atoms with van der Waals surface area (Å²) in [5.41, 5.74) is 8.04. The molecule has 0 atom stereocenters. The fourth-order valence-corrected chi connectivity index (χ4v) is 5.68. The number of hydrogen-bond donors (Lipinski definition) is 0. The van der Waals surface area contributed by atoms with Crippen LogP contribution in [0.3, 0.4) is 0 Å². The maximum Gasteiger partial charge on any atom is 0.0540 e. The molecule has 7 aromatic rings.